The SMILES string of the molecule is Cc1ccc(C(=O)[C@@H]2[C@@H]3C=C[C@@]4(CNc5c(c(=O)oc6ccccc56)[C@@H]24)O3)cc1. The van der Waals surface area contributed by atoms with Gasteiger partial charge in [0.05, 0.1) is 23.3 Å². The van der Waals surface area contributed by atoms with Crippen molar-refractivity contribution in [3.05, 3.63) is 87.8 Å². The summed E-state index contributed by atoms with van der Waals surface area (Å²) in [6.07, 6.45) is 3.63. The average molecular weight is 385 g/mol. The van der Waals surface area contributed by atoms with Gasteiger partial charge in [-0.2, -0.15) is 0 Å². The summed E-state index contributed by atoms with van der Waals surface area (Å²) in [6, 6.07) is 15.1. The van der Waals surface area contributed by atoms with Crippen LogP contribution in [0.2, 0.25) is 0 Å². The standard InChI is InChI=1S/C24H19NO4/c1-13-6-8-14(9-7-13)22(26)18-17-10-11-24(29-17)12-25-21-15-4-2-3-5-16(15)28-23(27)19(21)20(18)24/h2-11,17-18,20,25H,12H2,1H3/t17-,18+,20+,24-/m0/s1. The predicted octanol–water partition coefficient (Wildman–Crippen LogP) is 3.82. The molecule has 144 valence electrons. The molecule has 6 rings (SSSR count). The Kier molecular flexibility index (Phi) is 3.28. The van der Waals surface area contributed by atoms with Gasteiger partial charge in [0.2, 0.25) is 0 Å². The quantitative estimate of drug-likeness (QED) is 0.413. The zero-order chi connectivity index (χ0) is 19.8. The van der Waals surface area contributed by atoms with Crippen LogP contribution in [-0.2, 0) is 4.74 Å². The Balaban J connectivity index is 1.56. The molecule has 1 spiro atoms. The van der Waals surface area contributed by atoms with Crippen LogP contribution >= 0.6 is 0 Å². The van der Waals surface area contributed by atoms with Crippen molar-refractivity contribution in [3.8, 4) is 0 Å². The Bertz CT molecular complexity index is 1260. The highest BCUT2D eigenvalue weighted by Crippen LogP contribution is 2.56. The zero-order valence-corrected chi connectivity index (χ0v) is 15.8. The Morgan fingerprint density at radius 1 is 1.14 bits per heavy atom. The number of aryl methyl sites for hydroxylation is 1. The highest BCUT2D eigenvalue weighted by Gasteiger charge is 2.62. The van der Waals surface area contributed by atoms with Crippen LogP contribution in [0.1, 0.15) is 27.4 Å². The third-order valence-corrected chi connectivity index (χ3v) is 6.50. The van der Waals surface area contributed by atoms with Gasteiger partial charge >= 0.3 is 5.63 Å². The van der Waals surface area contributed by atoms with Crippen LogP contribution in [0.15, 0.2) is 69.9 Å². The maximum absolute atomic E-state index is 13.5. The van der Waals surface area contributed by atoms with Gasteiger partial charge in [0, 0.05) is 23.4 Å². The number of hydrogen-bond donors (Lipinski definition) is 1. The van der Waals surface area contributed by atoms with Gasteiger partial charge in [-0.1, -0.05) is 54.1 Å². The Morgan fingerprint density at radius 3 is 2.76 bits per heavy atom. The number of hydrogen-bond acceptors (Lipinski definition) is 5. The number of carbonyl (C=O) groups is 1. The molecule has 0 aliphatic carbocycles. The van der Waals surface area contributed by atoms with Crippen molar-refractivity contribution in [3.63, 3.8) is 0 Å². The van der Waals surface area contributed by atoms with Crippen LogP contribution < -0.4 is 10.9 Å². The van der Waals surface area contributed by atoms with Crippen molar-refractivity contribution >= 4 is 22.4 Å². The summed E-state index contributed by atoms with van der Waals surface area (Å²) in [5.41, 5.74) is 2.47. The number of Topliss-reactive ketones (excluding diaryl/α,β-unsaturated/α-hetero) is 1. The van der Waals surface area contributed by atoms with E-state index in [9.17, 15) is 9.59 Å². The minimum absolute atomic E-state index is 0.00614. The first-order chi connectivity index (χ1) is 14.1. The first-order valence-electron chi connectivity index (χ1n) is 9.85. The zero-order valence-electron chi connectivity index (χ0n) is 15.8. The van der Waals surface area contributed by atoms with Gasteiger partial charge in [-0.15, -0.1) is 0 Å². The molecule has 4 atom stereocenters. The summed E-state index contributed by atoms with van der Waals surface area (Å²) in [4.78, 5) is 26.6. The van der Waals surface area contributed by atoms with Gasteiger partial charge in [-0.05, 0) is 19.1 Å². The van der Waals surface area contributed by atoms with E-state index in [0.29, 0.717) is 23.3 Å². The molecule has 0 amide bonds. The van der Waals surface area contributed by atoms with Crippen LogP contribution in [0.4, 0.5) is 5.69 Å². The van der Waals surface area contributed by atoms with Crippen molar-refractivity contribution in [2.75, 3.05) is 11.9 Å². The number of benzene rings is 2. The van der Waals surface area contributed by atoms with E-state index in [-0.39, 0.29) is 17.8 Å². The third-order valence-electron chi connectivity index (χ3n) is 6.50. The topological polar surface area (TPSA) is 68.5 Å². The largest absolute Gasteiger partial charge is 0.422 e. The minimum atomic E-state index is -0.695. The minimum Gasteiger partial charge on any atom is -0.422 e. The maximum Gasteiger partial charge on any atom is 0.341 e. The van der Waals surface area contributed by atoms with Crippen molar-refractivity contribution in [1.82, 2.24) is 0 Å². The molecule has 0 saturated carbocycles. The Morgan fingerprint density at radius 2 is 1.93 bits per heavy atom. The van der Waals surface area contributed by atoms with Gasteiger partial charge in [0.1, 0.15) is 11.2 Å². The van der Waals surface area contributed by atoms with Crippen LogP contribution in [0.3, 0.4) is 0 Å². The molecule has 5 heteroatoms. The van der Waals surface area contributed by atoms with E-state index in [1.54, 1.807) is 6.07 Å². The summed E-state index contributed by atoms with van der Waals surface area (Å²) in [7, 11) is 0. The molecule has 1 aromatic heterocycles. The molecule has 1 fully saturated rings. The average Bonchev–Trinajstić information content (AvgIpc) is 3.29. The van der Waals surface area contributed by atoms with E-state index in [1.807, 2.05) is 61.5 Å². The first kappa shape index (κ1) is 16.7. The third kappa shape index (κ3) is 2.19. The second kappa shape index (κ2) is 5.67. The summed E-state index contributed by atoms with van der Waals surface area (Å²) in [5, 5.41) is 4.25. The molecular weight excluding hydrogens is 366 g/mol. The summed E-state index contributed by atoms with van der Waals surface area (Å²) in [6.45, 7) is 2.51. The number of para-hydroxylation sites is 1. The summed E-state index contributed by atoms with van der Waals surface area (Å²) < 4.78 is 11.9. The molecule has 0 unspecified atom stereocenters. The molecular formula is C24H19NO4. The summed E-state index contributed by atoms with van der Waals surface area (Å²) >= 11 is 0. The molecule has 3 aliphatic heterocycles. The van der Waals surface area contributed by atoms with Crippen LogP contribution in [0.25, 0.3) is 11.0 Å². The van der Waals surface area contributed by atoms with Crippen LogP contribution in [-0.4, -0.2) is 24.0 Å². The molecule has 3 aliphatic rings. The lowest BCUT2D eigenvalue weighted by molar-refractivity contribution is 0.0301. The van der Waals surface area contributed by atoms with Crippen LogP contribution in [0.5, 0.6) is 0 Å². The van der Waals surface area contributed by atoms with E-state index in [0.717, 1.165) is 16.6 Å². The highest BCUT2D eigenvalue weighted by molar-refractivity contribution is 6.01. The van der Waals surface area contributed by atoms with Gasteiger partial charge < -0.3 is 14.5 Å². The van der Waals surface area contributed by atoms with Crippen molar-refractivity contribution in [2.24, 2.45) is 5.92 Å². The van der Waals surface area contributed by atoms with Crippen molar-refractivity contribution < 1.29 is 13.9 Å². The Hall–Kier alpha value is -3.18. The van der Waals surface area contributed by atoms with Crippen molar-refractivity contribution in [2.45, 2.75) is 24.5 Å². The molecule has 2 bridgehead atoms. The second-order valence-corrected chi connectivity index (χ2v) is 8.16. The molecule has 4 heterocycles. The molecule has 1 saturated heterocycles. The van der Waals surface area contributed by atoms with Crippen molar-refractivity contribution in [1.29, 1.82) is 0 Å². The molecule has 2 aromatic carbocycles. The maximum atomic E-state index is 13.5. The summed E-state index contributed by atoms with van der Waals surface area (Å²) in [5.74, 6) is -0.817. The number of nitrogens with one attached hydrogen (secondary N) is 1. The number of ketones is 1. The molecule has 29 heavy (non-hydrogen) atoms. The van der Waals surface area contributed by atoms with Gasteiger partial charge in [0.15, 0.2) is 5.78 Å². The lowest BCUT2D eigenvalue weighted by Gasteiger charge is -2.38. The number of ether oxygens (including phenoxy) is 1. The molecule has 0 radical (unpaired) electrons. The monoisotopic (exact) mass is 385 g/mol. The fourth-order valence-corrected chi connectivity index (χ4v) is 5.16. The fourth-order valence-electron chi connectivity index (χ4n) is 5.16. The fraction of sp³-hybridized carbons (Fsp3) is 0.250. The lowest BCUT2D eigenvalue weighted by atomic mass is 9.67. The van der Waals surface area contributed by atoms with E-state index in [4.69, 9.17) is 9.15 Å². The number of anilines is 1. The first-order valence-corrected chi connectivity index (χ1v) is 9.85. The van der Waals surface area contributed by atoms with E-state index < -0.39 is 17.1 Å². The molecule has 3 aromatic rings. The second-order valence-electron chi connectivity index (χ2n) is 8.16. The highest BCUT2D eigenvalue weighted by atomic mass is 16.5. The van der Waals surface area contributed by atoms with E-state index >= 15 is 0 Å². The van der Waals surface area contributed by atoms with E-state index in [1.165, 1.54) is 0 Å². The smallest absolute Gasteiger partial charge is 0.341 e. The van der Waals surface area contributed by atoms with Crippen LogP contribution in [0, 0.1) is 12.8 Å². The van der Waals surface area contributed by atoms with Gasteiger partial charge in [-0.3, -0.25) is 4.79 Å². The number of rotatable bonds is 2. The van der Waals surface area contributed by atoms with E-state index in [2.05, 4.69) is 5.32 Å². The predicted molar refractivity (Wildman–Crippen MR) is 109 cm³/mol. The van der Waals surface area contributed by atoms with Gasteiger partial charge in [-0.25, -0.2) is 4.79 Å². The van der Waals surface area contributed by atoms with Gasteiger partial charge in [0.25, 0.3) is 0 Å². The molecule has 1 N–H and O–H groups in total. The lowest BCUT2D eigenvalue weighted by Crippen LogP contribution is -2.47. The molecule has 5 nitrogen and oxygen atoms in total. The number of fused-ring (bicyclic) bond motifs is 5. The normalized spacial score (nSPS) is 28.8. The number of carbonyl (C=O) groups excluding carboxylic acids is 1. The Labute approximate surface area is 167 Å².